The molecule has 2 aromatic rings. The van der Waals surface area contributed by atoms with E-state index in [0.717, 1.165) is 34.7 Å². The lowest BCUT2D eigenvalue weighted by Gasteiger charge is -2.22. The minimum absolute atomic E-state index is 0.424. The maximum absolute atomic E-state index is 11.1. The van der Waals surface area contributed by atoms with E-state index in [4.69, 9.17) is 5.11 Å². The highest BCUT2D eigenvalue weighted by Gasteiger charge is 2.24. The van der Waals surface area contributed by atoms with Crippen LogP contribution in [-0.2, 0) is 17.6 Å². The van der Waals surface area contributed by atoms with Gasteiger partial charge in [-0.1, -0.05) is 6.92 Å². The zero-order valence-corrected chi connectivity index (χ0v) is 13.3. The van der Waals surface area contributed by atoms with Crippen LogP contribution in [0.1, 0.15) is 29.6 Å². The highest BCUT2D eigenvalue weighted by Crippen LogP contribution is 2.40. The standard InChI is InChI=1S/C15H19N3O2S/c1-8(15(19)20)7-18(3)13-12-10-5-4-6-11(10)21-14(12)17-9(2)16-13/h8H,4-7H2,1-3H3,(H,19,20). The third-order valence-corrected chi connectivity index (χ3v) is 5.17. The molecule has 5 nitrogen and oxygen atoms in total. The highest BCUT2D eigenvalue weighted by molar-refractivity contribution is 7.19. The molecular weight excluding hydrogens is 286 g/mol. The van der Waals surface area contributed by atoms with Gasteiger partial charge in [-0.2, -0.15) is 0 Å². The molecule has 3 rings (SSSR count). The van der Waals surface area contributed by atoms with Crippen LogP contribution in [0.25, 0.3) is 10.2 Å². The molecule has 2 heterocycles. The van der Waals surface area contributed by atoms with Crippen LogP contribution in [-0.4, -0.2) is 34.6 Å². The van der Waals surface area contributed by atoms with Crippen LogP contribution in [0.4, 0.5) is 5.82 Å². The van der Waals surface area contributed by atoms with E-state index in [-0.39, 0.29) is 0 Å². The Hall–Kier alpha value is -1.69. The van der Waals surface area contributed by atoms with Gasteiger partial charge in [0.15, 0.2) is 0 Å². The molecule has 2 aromatic heterocycles. The maximum atomic E-state index is 11.1. The summed E-state index contributed by atoms with van der Waals surface area (Å²) in [7, 11) is 1.92. The van der Waals surface area contributed by atoms with E-state index in [1.807, 2.05) is 18.9 Å². The number of carboxylic acids is 1. The molecule has 0 saturated carbocycles. The highest BCUT2D eigenvalue weighted by atomic mass is 32.1. The largest absolute Gasteiger partial charge is 0.481 e. The monoisotopic (exact) mass is 305 g/mol. The number of fused-ring (bicyclic) bond motifs is 3. The third-order valence-electron chi connectivity index (χ3n) is 3.99. The van der Waals surface area contributed by atoms with Gasteiger partial charge in [0.25, 0.3) is 0 Å². The molecule has 0 amide bonds. The summed E-state index contributed by atoms with van der Waals surface area (Å²) in [5, 5.41) is 10.2. The van der Waals surface area contributed by atoms with Crippen molar-refractivity contribution in [1.29, 1.82) is 0 Å². The molecule has 0 aliphatic heterocycles. The zero-order valence-electron chi connectivity index (χ0n) is 12.5. The molecule has 112 valence electrons. The summed E-state index contributed by atoms with van der Waals surface area (Å²) in [6, 6.07) is 0. The molecule has 1 aliphatic rings. The summed E-state index contributed by atoms with van der Waals surface area (Å²) in [6.07, 6.45) is 3.40. The first-order chi connectivity index (χ1) is 9.97. The number of aromatic nitrogens is 2. The molecule has 0 bridgehead atoms. The molecule has 0 fully saturated rings. The van der Waals surface area contributed by atoms with E-state index in [9.17, 15) is 4.79 Å². The molecule has 0 spiro atoms. The van der Waals surface area contributed by atoms with Gasteiger partial charge in [0.2, 0.25) is 0 Å². The van der Waals surface area contributed by atoms with Gasteiger partial charge in [-0.3, -0.25) is 4.79 Å². The Kier molecular flexibility index (Phi) is 3.57. The van der Waals surface area contributed by atoms with Crippen molar-refractivity contribution in [3.63, 3.8) is 0 Å². The second-order valence-electron chi connectivity index (χ2n) is 5.75. The van der Waals surface area contributed by atoms with Crippen molar-refractivity contribution in [1.82, 2.24) is 9.97 Å². The molecule has 0 saturated heterocycles. The predicted molar refractivity (Wildman–Crippen MR) is 84.2 cm³/mol. The third kappa shape index (κ3) is 2.48. The van der Waals surface area contributed by atoms with Crippen LogP contribution < -0.4 is 4.90 Å². The smallest absolute Gasteiger partial charge is 0.308 e. The summed E-state index contributed by atoms with van der Waals surface area (Å²) in [5.41, 5.74) is 1.37. The van der Waals surface area contributed by atoms with E-state index in [0.29, 0.717) is 6.54 Å². The van der Waals surface area contributed by atoms with Crippen molar-refractivity contribution in [2.75, 3.05) is 18.5 Å². The number of carbonyl (C=O) groups is 1. The van der Waals surface area contributed by atoms with Gasteiger partial charge in [0.05, 0.1) is 11.3 Å². The van der Waals surface area contributed by atoms with E-state index in [2.05, 4.69) is 9.97 Å². The Balaban J connectivity index is 2.06. The number of nitrogens with zero attached hydrogens (tertiary/aromatic N) is 3. The number of rotatable bonds is 4. The van der Waals surface area contributed by atoms with Crippen LogP contribution in [0.2, 0.25) is 0 Å². The van der Waals surface area contributed by atoms with E-state index < -0.39 is 11.9 Å². The SMILES string of the molecule is Cc1nc(N(C)CC(C)C(=O)O)c2c3c(sc2n1)CCC3. The topological polar surface area (TPSA) is 66.3 Å². The minimum Gasteiger partial charge on any atom is -0.481 e. The molecule has 1 unspecified atom stereocenters. The Bertz CT molecular complexity index is 710. The average Bonchev–Trinajstić information content (AvgIpc) is 2.97. The molecule has 1 N–H and O–H groups in total. The lowest BCUT2D eigenvalue weighted by atomic mass is 10.1. The number of thiophene rings is 1. The first kappa shape index (κ1) is 14.3. The molecule has 1 atom stereocenters. The van der Waals surface area contributed by atoms with Crippen molar-refractivity contribution < 1.29 is 9.90 Å². The van der Waals surface area contributed by atoms with Crippen LogP contribution in [0.3, 0.4) is 0 Å². The van der Waals surface area contributed by atoms with E-state index >= 15 is 0 Å². The fourth-order valence-corrected chi connectivity index (χ4v) is 4.23. The minimum atomic E-state index is -0.778. The second-order valence-corrected chi connectivity index (χ2v) is 6.84. The molecule has 0 aromatic carbocycles. The van der Waals surface area contributed by atoms with Crippen molar-refractivity contribution >= 4 is 33.3 Å². The molecule has 1 aliphatic carbocycles. The number of anilines is 1. The van der Waals surface area contributed by atoms with Gasteiger partial charge in [-0.25, -0.2) is 9.97 Å². The van der Waals surface area contributed by atoms with Gasteiger partial charge < -0.3 is 10.0 Å². The molecule has 21 heavy (non-hydrogen) atoms. The summed E-state index contributed by atoms with van der Waals surface area (Å²) >= 11 is 1.76. The second kappa shape index (κ2) is 5.26. The quantitative estimate of drug-likeness (QED) is 0.940. The number of hydrogen-bond donors (Lipinski definition) is 1. The van der Waals surface area contributed by atoms with Gasteiger partial charge in [0.1, 0.15) is 16.5 Å². The Morgan fingerprint density at radius 1 is 1.43 bits per heavy atom. The van der Waals surface area contributed by atoms with Gasteiger partial charge in [0, 0.05) is 18.5 Å². The van der Waals surface area contributed by atoms with Crippen molar-refractivity contribution in [2.45, 2.75) is 33.1 Å². The summed E-state index contributed by atoms with van der Waals surface area (Å²) in [5.74, 6) is 0.420. The number of aryl methyl sites for hydroxylation is 3. The van der Waals surface area contributed by atoms with Crippen LogP contribution in [0.15, 0.2) is 0 Å². The first-order valence-corrected chi connectivity index (χ1v) is 8.02. The molecular formula is C15H19N3O2S. The summed E-state index contributed by atoms with van der Waals surface area (Å²) < 4.78 is 0. The van der Waals surface area contributed by atoms with E-state index in [1.165, 1.54) is 16.9 Å². The van der Waals surface area contributed by atoms with Crippen molar-refractivity contribution in [2.24, 2.45) is 5.92 Å². The maximum Gasteiger partial charge on any atom is 0.308 e. The molecule has 6 heteroatoms. The Morgan fingerprint density at radius 3 is 2.90 bits per heavy atom. The Labute approximate surface area is 127 Å². The summed E-state index contributed by atoms with van der Waals surface area (Å²) in [6.45, 7) is 4.07. The predicted octanol–water partition coefficient (Wildman–Crippen LogP) is 2.65. The lowest BCUT2D eigenvalue weighted by Crippen LogP contribution is -2.29. The lowest BCUT2D eigenvalue weighted by molar-refractivity contribution is -0.140. The molecule has 0 radical (unpaired) electrons. The van der Waals surface area contributed by atoms with Crippen LogP contribution >= 0.6 is 11.3 Å². The van der Waals surface area contributed by atoms with Crippen LogP contribution in [0, 0.1) is 12.8 Å². The van der Waals surface area contributed by atoms with Crippen molar-refractivity contribution in [3.8, 4) is 0 Å². The fraction of sp³-hybridized carbons (Fsp3) is 0.533. The van der Waals surface area contributed by atoms with Gasteiger partial charge >= 0.3 is 5.97 Å². The fourth-order valence-electron chi connectivity index (χ4n) is 2.93. The van der Waals surface area contributed by atoms with Crippen molar-refractivity contribution in [3.05, 3.63) is 16.3 Å². The number of carboxylic acid groups (broad SMARTS) is 1. The number of aliphatic carboxylic acids is 1. The normalized spacial score (nSPS) is 15.2. The number of hydrogen-bond acceptors (Lipinski definition) is 5. The Morgan fingerprint density at radius 2 is 2.19 bits per heavy atom. The van der Waals surface area contributed by atoms with Gasteiger partial charge in [-0.15, -0.1) is 11.3 Å². The zero-order chi connectivity index (χ0) is 15.1. The average molecular weight is 305 g/mol. The van der Waals surface area contributed by atoms with Gasteiger partial charge in [-0.05, 0) is 31.7 Å². The van der Waals surface area contributed by atoms with Crippen LogP contribution in [0.5, 0.6) is 0 Å². The van der Waals surface area contributed by atoms with E-state index in [1.54, 1.807) is 18.3 Å². The summed E-state index contributed by atoms with van der Waals surface area (Å²) in [4.78, 5) is 24.6. The first-order valence-electron chi connectivity index (χ1n) is 7.20.